The maximum Gasteiger partial charge on any atom is 0.194 e. The first-order valence-corrected chi connectivity index (χ1v) is 9.33. The second-order valence-corrected chi connectivity index (χ2v) is 6.74. The third-order valence-corrected chi connectivity index (χ3v) is 5.03. The van der Waals surface area contributed by atoms with E-state index in [9.17, 15) is 0 Å². The lowest BCUT2D eigenvalue weighted by Crippen LogP contribution is -2.43. The lowest BCUT2D eigenvalue weighted by molar-refractivity contribution is 0.406. The summed E-state index contributed by atoms with van der Waals surface area (Å²) in [5.41, 5.74) is 5.83. The van der Waals surface area contributed by atoms with Crippen LogP contribution in [0, 0.1) is 13.8 Å². The Morgan fingerprint density at radius 1 is 1.26 bits per heavy atom. The molecular formula is C22H28N4O. The summed E-state index contributed by atoms with van der Waals surface area (Å²) in [7, 11) is 3.53. The minimum atomic E-state index is 0.626. The van der Waals surface area contributed by atoms with Crippen LogP contribution in [-0.2, 0) is 6.54 Å². The first-order chi connectivity index (χ1) is 13.1. The standard InChI is InChI=1S/C22H28N4O/c1-16-14-24-20(17(2)21(16)27-4)15-25-22(23-3)26-12-10-19(11-13-26)18-8-6-5-7-9-18/h5-10,14H,11-13,15H2,1-4H3,(H,23,25). The van der Waals surface area contributed by atoms with E-state index >= 15 is 0 Å². The highest BCUT2D eigenvalue weighted by atomic mass is 16.5. The molecule has 1 N–H and O–H groups in total. The van der Waals surface area contributed by atoms with Crippen molar-refractivity contribution in [2.75, 3.05) is 27.2 Å². The van der Waals surface area contributed by atoms with Crippen LogP contribution in [0.1, 0.15) is 28.8 Å². The molecule has 3 rings (SSSR count). The molecule has 0 saturated carbocycles. The van der Waals surface area contributed by atoms with Crippen LogP contribution in [0.4, 0.5) is 0 Å². The van der Waals surface area contributed by atoms with Gasteiger partial charge in [-0.1, -0.05) is 36.4 Å². The molecule has 0 radical (unpaired) electrons. The minimum Gasteiger partial charge on any atom is -0.496 e. The van der Waals surface area contributed by atoms with Gasteiger partial charge < -0.3 is 15.0 Å². The van der Waals surface area contributed by atoms with E-state index in [4.69, 9.17) is 4.74 Å². The number of pyridine rings is 1. The molecule has 1 aliphatic rings. The van der Waals surface area contributed by atoms with Gasteiger partial charge in [-0.15, -0.1) is 0 Å². The Balaban J connectivity index is 1.65. The summed E-state index contributed by atoms with van der Waals surface area (Å²) in [5, 5.41) is 3.45. The van der Waals surface area contributed by atoms with Gasteiger partial charge in [0, 0.05) is 37.5 Å². The van der Waals surface area contributed by atoms with E-state index in [0.29, 0.717) is 6.54 Å². The number of guanidine groups is 1. The first kappa shape index (κ1) is 19.0. The fourth-order valence-electron chi connectivity index (χ4n) is 3.52. The summed E-state index contributed by atoms with van der Waals surface area (Å²) < 4.78 is 5.50. The molecule has 0 atom stereocenters. The van der Waals surface area contributed by atoms with Gasteiger partial charge in [-0.2, -0.15) is 0 Å². The Morgan fingerprint density at radius 2 is 2.04 bits per heavy atom. The van der Waals surface area contributed by atoms with E-state index in [1.54, 1.807) is 7.11 Å². The van der Waals surface area contributed by atoms with Crippen molar-refractivity contribution in [3.05, 3.63) is 65.0 Å². The Bertz CT molecular complexity index is 843. The normalized spacial score (nSPS) is 14.7. The van der Waals surface area contributed by atoms with Crippen LogP contribution in [0.5, 0.6) is 5.75 Å². The van der Waals surface area contributed by atoms with Gasteiger partial charge in [-0.25, -0.2) is 0 Å². The number of benzene rings is 1. The van der Waals surface area contributed by atoms with E-state index in [1.165, 1.54) is 11.1 Å². The molecule has 0 spiro atoms. The van der Waals surface area contributed by atoms with Gasteiger partial charge in [-0.3, -0.25) is 9.98 Å². The number of nitrogens with one attached hydrogen (secondary N) is 1. The Hall–Kier alpha value is -2.82. The van der Waals surface area contributed by atoms with E-state index in [2.05, 4.69) is 56.6 Å². The average molecular weight is 364 g/mol. The Labute approximate surface area is 161 Å². The van der Waals surface area contributed by atoms with Crippen molar-refractivity contribution in [1.29, 1.82) is 0 Å². The van der Waals surface area contributed by atoms with Gasteiger partial charge in [0.25, 0.3) is 0 Å². The molecule has 0 saturated heterocycles. The maximum atomic E-state index is 5.50. The second-order valence-electron chi connectivity index (χ2n) is 6.74. The van der Waals surface area contributed by atoms with Gasteiger partial charge in [0.05, 0.1) is 19.3 Å². The largest absolute Gasteiger partial charge is 0.496 e. The van der Waals surface area contributed by atoms with Gasteiger partial charge >= 0.3 is 0 Å². The predicted octanol–water partition coefficient (Wildman–Crippen LogP) is 3.57. The molecule has 142 valence electrons. The summed E-state index contributed by atoms with van der Waals surface area (Å²) in [6, 6.07) is 10.6. The highest BCUT2D eigenvalue weighted by Crippen LogP contribution is 2.24. The van der Waals surface area contributed by atoms with E-state index in [1.807, 2.05) is 27.1 Å². The van der Waals surface area contributed by atoms with Crippen molar-refractivity contribution in [1.82, 2.24) is 15.2 Å². The van der Waals surface area contributed by atoms with E-state index in [-0.39, 0.29) is 0 Å². The third-order valence-electron chi connectivity index (χ3n) is 5.03. The summed E-state index contributed by atoms with van der Waals surface area (Å²) in [6.45, 7) is 6.49. The van der Waals surface area contributed by atoms with Crippen LogP contribution < -0.4 is 10.1 Å². The van der Waals surface area contributed by atoms with Crippen molar-refractivity contribution >= 4 is 11.5 Å². The van der Waals surface area contributed by atoms with Crippen LogP contribution in [0.25, 0.3) is 5.57 Å². The molecule has 1 aromatic heterocycles. The number of aryl methyl sites for hydroxylation is 1. The average Bonchev–Trinajstić information content (AvgIpc) is 2.71. The minimum absolute atomic E-state index is 0.626. The molecule has 5 nitrogen and oxygen atoms in total. The van der Waals surface area contributed by atoms with Crippen LogP contribution in [0.15, 0.2) is 47.6 Å². The zero-order valence-corrected chi connectivity index (χ0v) is 16.6. The monoisotopic (exact) mass is 364 g/mol. The summed E-state index contributed by atoms with van der Waals surface area (Å²) in [6.07, 6.45) is 5.17. The molecule has 0 aliphatic carbocycles. The van der Waals surface area contributed by atoms with Crippen molar-refractivity contribution in [2.24, 2.45) is 4.99 Å². The van der Waals surface area contributed by atoms with Gasteiger partial charge in [0.2, 0.25) is 0 Å². The predicted molar refractivity (Wildman–Crippen MR) is 111 cm³/mol. The fourth-order valence-corrected chi connectivity index (χ4v) is 3.52. The number of ether oxygens (including phenoxy) is 1. The lowest BCUT2D eigenvalue weighted by atomic mass is 10.00. The molecular weight excluding hydrogens is 336 g/mol. The number of methoxy groups -OCH3 is 1. The molecule has 1 aliphatic heterocycles. The maximum absolute atomic E-state index is 5.50. The zero-order chi connectivity index (χ0) is 19.2. The van der Waals surface area contributed by atoms with Gasteiger partial charge in [0.15, 0.2) is 5.96 Å². The molecule has 0 fully saturated rings. The second kappa shape index (κ2) is 8.71. The fraction of sp³-hybridized carbons (Fsp3) is 0.364. The number of nitrogens with zero attached hydrogens (tertiary/aromatic N) is 3. The van der Waals surface area contributed by atoms with Crippen LogP contribution in [0.3, 0.4) is 0 Å². The molecule has 5 heteroatoms. The number of hydrogen-bond acceptors (Lipinski definition) is 3. The molecule has 2 heterocycles. The molecule has 1 aromatic carbocycles. The number of rotatable bonds is 4. The van der Waals surface area contributed by atoms with E-state index < -0.39 is 0 Å². The van der Waals surface area contributed by atoms with E-state index in [0.717, 1.165) is 48.0 Å². The molecule has 27 heavy (non-hydrogen) atoms. The SMILES string of the molecule is CN=C(NCc1ncc(C)c(OC)c1C)N1CC=C(c2ccccc2)CC1. The molecule has 0 amide bonds. The van der Waals surface area contributed by atoms with Crippen molar-refractivity contribution in [3.8, 4) is 5.75 Å². The van der Waals surface area contributed by atoms with Crippen LogP contribution in [0.2, 0.25) is 0 Å². The number of aromatic nitrogens is 1. The summed E-state index contributed by atoms with van der Waals surface area (Å²) in [5.74, 6) is 1.81. The molecule has 0 unspecified atom stereocenters. The summed E-state index contributed by atoms with van der Waals surface area (Å²) >= 11 is 0. The topological polar surface area (TPSA) is 49.8 Å². The lowest BCUT2D eigenvalue weighted by Gasteiger charge is -2.30. The summed E-state index contributed by atoms with van der Waals surface area (Å²) in [4.78, 5) is 11.3. The molecule has 0 bridgehead atoms. The van der Waals surface area contributed by atoms with Crippen LogP contribution in [-0.4, -0.2) is 43.1 Å². The number of hydrogen-bond donors (Lipinski definition) is 1. The highest BCUT2D eigenvalue weighted by molar-refractivity contribution is 5.81. The molecule has 2 aromatic rings. The smallest absolute Gasteiger partial charge is 0.194 e. The quantitative estimate of drug-likeness (QED) is 0.666. The first-order valence-electron chi connectivity index (χ1n) is 9.33. The number of aliphatic imine (C=N–C) groups is 1. The Kier molecular flexibility index (Phi) is 6.12. The van der Waals surface area contributed by atoms with Gasteiger partial charge in [0.1, 0.15) is 5.75 Å². The third kappa shape index (κ3) is 4.30. The van der Waals surface area contributed by atoms with Crippen molar-refractivity contribution in [2.45, 2.75) is 26.8 Å². The van der Waals surface area contributed by atoms with Crippen molar-refractivity contribution < 1.29 is 4.74 Å². The highest BCUT2D eigenvalue weighted by Gasteiger charge is 2.17. The Morgan fingerprint density at radius 3 is 2.67 bits per heavy atom. The van der Waals surface area contributed by atoms with Crippen molar-refractivity contribution in [3.63, 3.8) is 0 Å². The van der Waals surface area contributed by atoms with Crippen LogP contribution >= 0.6 is 0 Å². The van der Waals surface area contributed by atoms with Gasteiger partial charge in [-0.05, 0) is 31.4 Å². The zero-order valence-electron chi connectivity index (χ0n) is 16.6.